The first-order valence-corrected chi connectivity index (χ1v) is 6.98. The molecule has 14 heavy (non-hydrogen) atoms. The monoisotopic (exact) mass is 219 g/mol. The highest BCUT2D eigenvalue weighted by atomic mass is 32.2. The summed E-state index contributed by atoms with van der Waals surface area (Å²) in [4.78, 5) is 2.09. The second-order valence-electron chi connectivity index (χ2n) is 3.66. The van der Waals surface area contributed by atoms with E-state index in [2.05, 4.69) is 17.9 Å². The summed E-state index contributed by atoms with van der Waals surface area (Å²) < 4.78 is 21.8. The van der Waals surface area contributed by atoms with Crippen LogP contribution in [0.1, 0.15) is 26.7 Å². The van der Waals surface area contributed by atoms with Crippen molar-refractivity contribution in [1.29, 1.82) is 0 Å². The molecule has 0 rings (SSSR count). The maximum atomic E-state index is 10.9. The molecule has 0 amide bonds. The quantitative estimate of drug-likeness (QED) is 0.682. The van der Waals surface area contributed by atoms with Gasteiger partial charge in [0.1, 0.15) is 9.84 Å². The summed E-state index contributed by atoms with van der Waals surface area (Å²) >= 11 is 0. The van der Waals surface area contributed by atoms with E-state index in [4.69, 9.17) is 0 Å². The normalized spacial score (nSPS) is 13.0. The second kappa shape index (κ2) is 6.06. The number of sulfone groups is 1. The third-order valence-electron chi connectivity index (χ3n) is 2.11. The van der Waals surface area contributed by atoms with Crippen LogP contribution in [0, 0.1) is 0 Å². The lowest BCUT2D eigenvalue weighted by Gasteiger charge is -2.19. The molecule has 0 unspecified atom stereocenters. The standard InChI is InChI=1S/C10H21NO2S/c1-5-7-10(2)11(3)8-6-9-14(4,12)13/h7H,5-6,8-9H2,1-4H3/b10-7+. The number of rotatable bonds is 6. The van der Waals surface area contributed by atoms with Crippen LogP contribution in [0.2, 0.25) is 0 Å². The molecule has 0 radical (unpaired) electrons. The first kappa shape index (κ1) is 13.5. The number of hydrogen-bond acceptors (Lipinski definition) is 3. The summed E-state index contributed by atoms with van der Waals surface area (Å²) in [6.07, 6.45) is 5.13. The average molecular weight is 219 g/mol. The third-order valence-corrected chi connectivity index (χ3v) is 3.14. The number of hydrogen-bond donors (Lipinski definition) is 0. The van der Waals surface area contributed by atoms with Crippen LogP contribution in [0.3, 0.4) is 0 Å². The van der Waals surface area contributed by atoms with Crippen molar-refractivity contribution >= 4 is 9.84 Å². The molecular formula is C10H21NO2S. The minimum Gasteiger partial charge on any atom is -0.378 e. The Balaban J connectivity index is 3.86. The molecule has 0 aromatic carbocycles. The van der Waals surface area contributed by atoms with Crippen molar-refractivity contribution in [3.63, 3.8) is 0 Å². The van der Waals surface area contributed by atoms with E-state index in [1.165, 1.54) is 12.0 Å². The lowest BCUT2D eigenvalue weighted by atomic mass is 10.3. The Morgan fingerprint density at radius 2 is 2.00 bits per heavy atom. The van der Waals surface area contributed by atoms with Crippen LogP contribution >= 0.6 is 0 Å². The van der Waals surface area contributed by atoms with Gasteiger partial charge in [-0.25, -0.2) is 8.42 Å². The fourth-order valence-corrected chi connectivity index (χ4v) is 1.84. The van der Waals surface area contributed by atoms with E-state index in [0.29, 0.717) is 6.42 Å². The van der Waals surface area contributed by atoms with Gasteiger partial charge in [0.15, 0.2) is 0 Å². The van der Waals surface area contributed by atoms with Gasteiger partial charge < -0.3 is 4.90 Å². The fourth-order valence-electron chi connectivity index (χ4n) is 1.19. The molecule has 0 spiro atoms. The van der Waals surface area contributed by atoms with Crippen LogP contribution in [0.15, 0.2) is 11.8 Å². The van der Waals surface area contributed by atoms with Crippen LogP contribution in [-0.4, -0.2) is 38.9 Å². The van der Waals surface area contributed by atoms with E-state index in [-0.39, 0.29) is 5.75 Å². The van der Waals surface area contributed by atoms with Gasteiger partial charge in [0.05, 0.1) is 5.75 Å². The molecule has 0 fully saturated rings. The Kier molecular flexibility index (Phi) is 5.84. The molecule has 0 N–H and O–H groups in total. The Morgan fingerprint density at radius 1 is 1.43 bits per heavy atom. The molecule has 0 bridgehead atoms. The van der Waals surface area contributed by atoms with Gasteiger partial charge in [-0.15, -0.1) is 0 Å². The van der Waals surface area contributed by atoms with Crippen LogP contribution in [0.4, 0.5) is 0 Å². The Bertz CT molecular complexity index is 280. The Labute approximate surface area is 87.7 Å². The van der Waals surface area contributed by atoms with E-state index in [9.17, 15) is 8.42 Å². The second-order valence-corrected chi connectivity index (χ2v) is 5.92. The molecule has 0 aromatic heterocycles. The van der Waals surface area contributed by atoms with E-state index in [0.717, 1.165) is 13.0 Å². The molecule has 4 heteroatoms. The lowest BCUT2D eigenvalue weighted by Crippen LogP contribution is -2.19. The minimum atomic E-state index is -2.80. The van der Waals surface area contributed by atoms with E-state index in [1.54, 1.807) is 0 Å². The highest BCUT2D eigenvalue weighted by molar-refractivity contribution is 7.90. The van der Waals surface area contributed by atoms with Crippen LogP contribution in [0.5, 0.6) is 0 Å². The predicted molar refractivity (Wildman–Crippen MR) is 61.0 cm³/mol. The maximum absolute atomic E-state index is 10.9. The average Bonchev–Trinajstić information content (AvgIpc) is 2.02. The van der Waals surface area contributed by atoms with Gasteiger partial charge in [0.2, 0.25) is 0 Å². The highest BCUT2D eigenvalue weighted by Crippen LogP contribution is 2.02. The van der Waals surface area contributed by atoms with Crippen molar-refractivity contribution in [2.24, 2.45) is 0 Å². The lowest BCUT2D eigenvalue weighted by molar-refractivity contribution is 0.416. The van der Waals surface area contributed by atoms with Gasteiger partial charge in [-0.3, -0.25) is 0 Å². The zero-order valence-electron chi connectivity index (χ0n) is 9.58. The van der Waals surface area contributed by atoms with Gasteiger partial charge in [-0.2, -0.15) is 0 Å². The van der Waals surface area contributed by atoms with Gasteiger partial charge in [-0.05, 0) is 19.8 Å². The first-order valence-electron chi connectivity index (χ1n) is 4.92. The first-order chi connectivity index (χ1) is 6.37. The third kappa shape index (κ3) is 6.95. The summed E-state index contributed by atoms with van der Waals surface area (Å²) in [5.41, 5.74) is 1.21. The largest absolute Gasteiger partial charge is 0.378 e. The molecular weight excluding hydrogens is 198 g/mol. The Hall–Kier alpha value is -0.510. The van der Waals surface area contributed by atoms with Crippen molar-refractivity contribution < 1.29 is 8.42 Å². The van der Waals surface area contributed by atoms with Gasteiger partial charge in [0.25, 0.3) is 0 Å². The highest BCUT2D eigenvalue weighted by Gasteiger charge is 2.03. The van der Waals surface area contributed by atoms with Crippen LogP contribution < -0.4 is 0 Å². The molecule has 0 aromatic rings. The SMILES string of the molecule is CC/C=C(\C)N(C)CCCS(C)(=O)=O. The molecule has 0 saturated heterocycles. The van der Waals surface area contributed by atoms with Crippen molar-refractivity contribution in [1.82, 2.24) is 4.90 Å². The van der Waals surface area contributed by atoms with Crippen LogP contribution in [0.25, 0.3) is 0 Å². The molecule has 0 aliphatic carbocycles. The Morgan fingerprint density at radius 3 is 2.43 bits per heavy atom. The van der Waals surface area contributed by atoms with E-state index < -0.39 is 9.84 Å². The summed E-state index contributed by atoms with van der Waals surface area (Å²) in [5, 5.41) is 0. The van der Waals surface area contributed by atoms with Crippen LogP contribution in [-0.2, 0) is 9.84 Å². The molecule has 3 nitrogen and oxygen atoms in total. The molecule has 0 aliphatic heterocycles. The minimum absolute atomic E-state index is 0.275. The van der Waals surface area contributed by atoms with Crippen molar-refractivity contribution in [3.05, 3.63) is 11.8 Å². The van der Waals surface area contributed by atoms with E-state index >= 15 is 0 Å². The molecule has 0 aliphatic rings. The molecule has 0 atom stereocenters. The summed E-state index contributed by atoms with van der Waals surface area (Å²) in [5.74, 6) is 0.275. The van der Waals surface area contributed by atoms with Crippen molar-refractivity contribution in [3.8, 4) is 0 Å². The summed E-state index contributed by atoms with van der Waals surface area (Å²) in [7, 11) is -0.814. The molecule has 84 valence electrons. The zero-order chi connectivity index (χ0) is 11.2. The van der Waals surface area contributed by atoms with Gasteiger partial charge in [0, 0.05) is 25.5 Å². The smallest absolute Gasteiger partial charge is 0.147 e. The van der Waals surface area contributed by atoms with Crippen molar-refractivity contribution in [2.75, 3.05) is 25.6 Å². The summed E-state index contributed by atoms with van der Waals surface area (Å²) in [6.45, 7) is 4.94. The maximum Gasteiger partial charge on any atom is 0.147 e. The molecule has 0 saturated carbocycles. The zero-order valence-corrected chi connectivity index (χ0v) is 10.4. The topological polar surface area (TPSA) is 37.4 Å². The molecule has 0 heterocycles. The van der Waals surface area contributed by atoms with Gasteiger partial charge in [-0.1, -0.05) is 13.0 Å². The fraction of sp³-hybridized carbons (Fsp3) is 0.800. The van der Waals surface area contributed by atoms with E-state index in [1.807, 2.05) is 14.0 Å². The predicted octanol–water partition coefficient (Wildman–Crippen LogP) is 1.67. The number of nitrogens with zero attached hydrogens (tertiary/aromatic N) is 1. The van der Waals surface area contributed by atoms with Crippen molar-refractivity contribution in [2.45, 2.75) is 26.7 Å². The number of allylic oxidation sites excluding steroid dienone is 2. The van der Waals surface area contributed by atoms with Gasteiger partial charge >= 0.3 is 0 Å². The summed E-state index contributed by atoms with van der Waals surface area (Å²) in [6, 6.07) is 0.